The van der Waals surface area contributed by atoms with Gasteiger partial charge in [-0.3, -0.25) is 4.98 Å². The average Bonchev–Trinajstić information content (AvgIpc) is 2.46. The van der Waals surface area contributed by atoms with Gasteiger partial charge in [-0.15, -0.1) is 0 Å². The van der Waals surface area contributed by atoms with Crippen molar-refractivity contribution in [2.75, 3.05) is 11.5 Å². The monoisotopic (exact) mass is 320 g/mol. The summed E-state index contributed by atoms with van der Waals surface area (Å²) in [5.74, 6) is 1.27. The predicted octanol–water partition coefficient (Wildman–Crippen LogP) is 3.32. The molecule has 0 unspecified atom stereocenters. The van der Waals surface area contributed by atoms with Gasteiger partial charge in [0, 0.05) is 23.7 Å². The lowest BCUT2D eigenvalue weighted by atomic mass is 9.93. The van der Waals surface area contributed by atoms with Crippen LogP contribution >= 0.6 is 23.4 Å². The molecule has 1 aliphatic rings. The first-order valence-corrected chi connectivity index (χ1v) is 8.46. The molecule has 0 bridgehead atoms. The van der Waals surface area contributed by atoms with Crippen molar-refractivity contribution in [3.05, 3.63) is 40.3 Å². The number of anilines is 1. The fourth-order valence-corrected chi connectivity index (χ4v) is 3.59. The van der Waals surface area contributed by atoms with Crippen LogP contribution in [0, 0.1) is 0 Å². The van der Waals surface area contributed by atoms with Crippen LogP contribution in [0.15, 0.2) is 23.5 Å². The normalized spacial score (nSPS) is 14.0. The minimum atomic E-state index is 0.386. The number of halogens is 1. The highest BCUT2D eigenvalue weighted by Gasteiger charge is 2.10. The van der Waals surface area contributed by atoms with Crippen LogP contribution in [0.4, 0.5) is 5.82 Å². The molecular weight excluding hydrogens is 304 g/mol. The van der Waals surface area contributed by atoms with Gasteiger partial charge in [-0.2, -0.15) is 0 Å². The number of aromatic nitrogens is 3. The van der Waals surface area contributed by atoms with E-state index >= 15 is 0 Å². The molecule has 21 heavy (non-hydrogen) atoms. The first-order chi connectivity index (χ1) is 10.2. The van der Waals surface area contributed by atoms with E-state index in [9.17, 15) is 0 Å². The molecule has 0 amide bonds. The topological polar surface area (TPSA) is 64.7 Å². The SMILES string of the molecule is Nc1cc(Cl)nc(SCCc2cc3c(cn2)CCCC3)n1. The molecule has 110 valence electrons. The summed E-state index contributed by atoms with van der Waals surface area (Å²) in [7, 11) is 0. The van der Waals surface area contributed by atoms with Gasteiger partial charge in [0.05, 0.1) is 0 Å². The molecule has 2 aromatic heterocycles. The lowest BCUT2D eigenvalue weighted by molar-refractivity contribution is 0.679. The Labute approximate surface area is 133 Å². The Morgan fingerprint density at radius 2 is 1.95 bits per heavy atom. The zero-order valence-corrected chi connectivity index (χ0v) is 13.3. The molecule has 2 heterocycles. The fourth-order valence-electron chi connectivity index (χ4n) is 2.53. The molecule has 0 saturated heterocycles. The van der Waals surface area contributed by atoms with Crippen molar-refractivity contribution in [3.63, 3.8) is 0 Å². The third-order valence-electron chi connectivity index (χ3n) is 3.57. The van der Waals surface area contributed by atoms with Gasteiger partial charge in [-0.1, -0.05) is 23.4 Å². The molecule has 0 aromatic carbocycles. The van der Waals surface area contributed by atoms with Crippen molar-refractivity contribution in [2.24, 2.45) is 0 Å². The van der Waals surface area contributed by atoms with Crippen molar-refractivity contribution in [1.29, 1.82) is 0 Å². The second-order valence-corrected chi connectivity index (χ2v) is 6.60. The van der Waals surface area contributed by atoms with Crippen molar-refractivity contribution in [3.8, 4) is 0 Å². The fraction of sp³-hybridized carbons (Fsp3) is 0.400. The number of thioether (sulfide) groups is 1. The number of pyridine rings is 1. The molecule has 0 spiro atoms. The van der Waals surface area contributed by atoms with Crippen molar-refractivity contribution < 1.29 is 0 Å². The second kappa shape index (κ2) is 6.62. The number of nitrogens with zero attached hydrogens (tertiary/aromatic N) is 3. The Morgan fingerprint density at radius 3 is 2.76 bits per heavy atom. The predicted molar refractivity (Wildman–Crippen MR) is 86.8 cm³/mol. The minimum absolute atomic E-state index is 0.386. The average molecular weight is 321 g/mol. The Kier molecular flexibility index (Phi) is 4.60. The van der Waals surface area contributed by atoms with Gasteiger partial charge >= 0.3 is 0 Å². The maximum Gasteiger partial charge on any atom is 0.190 e. The van der Waals surface area contributed by atoms with E-state index in [4.69, 9.17) is 17.3 Å². The van der Waals surface area contributed by atoms with Crippen LogP contribution in [0.25, 0.3) is 0 Å². The van der Waals surface area contributed by atoms with Crippen LogP contribution in [0.3, 0.4) is 0 Å². The molecule has 1 aliphatic carbocycles. The number of hydrogen-bond donors (Lipinski definition) is 1. The largest absolute Gasteiger partial charge is 0.384 e. The second-order valence-electron chi connectivity index (χ2n) is 5.15. The van der Waals surface area contributed by atoms with E-state index in [1.165, 1.54) is 36.8 Å². The number of hydrogen-bond acceptors (Lipinski definition) is 5. The number of nitrogens with two attached hydrogens (primary N) is 1. The molecular formula is C15H17ClN4S. The summed E-state index contributed by atoms with van der Waals surface area (Å²) in [6.07, 6.45) is 7.88. The Morgan fingerprint density at radius 1 is 1.14 bits per heavy atom. The van der Waals surface area contributed by atoms with Crippen LogP contribution in [0.1, 0.15) is 29.7 Å². The van der Waals surface area contributed by atoms with Crippen molar-refractivity contribution >= 4 is 29.2 Å². The highest BCUT2D eigenvalue weighted by Crippen LogP contribution is 2.22. The third-order valence-corrected chi connectivity index (χ3v) is 4.61. The van der Waals surface area contributed by atoms with E-state index in [-0.39, 0.29) is 0 Å². The van der Waals surface area contributed by atoms with Crippen LogP contribution < -0.4 is 5.73 Å². The van der Waals surface area contributed by atoms with Gasteiger partial charge in [0.25, 0.3) is 0 Å². The van der Waals surface area contributed by atoms with Gasteiger partial charge < -0.3 is 5.73 Å². The van der Waals surface area contributed by atoms with E-state index in [2.05, 4.69) is 21.0 Å². The maximum absolute atomic E-state index is 5.87. The first-order valence-electron chi connectivity index (χ1n) is 7.10. The molecule has 4 nitrogen and oxygen atoms in total. The molecule has 0 aliphatic heterocycles. The molecule has 0 radical (unpaired) electrons. The Balaban J connectivity index is 1.60. The highest BCUT2D eigenvalue weighted by molar-refractivity contribution is 7.99. The smallest absolute Gasteiger partial charge is 0.190 e. The molecule has 0 saturated carbocycles. The summed E-state index contributed by atoms with van der Waals surface area (Å²) in [6, 6.07) is 3.80. The number of nitrogen functional groups attached to an aromatic ring is 1. The quantitative estimate of drug-likeness (QED) is 0.532. The zero-order chi connectivity index (χ0) is 14.7. The van der Waals surface area contributed by atoms with E-state index in [0.717, 1.165) is 17.9 Å². The third kappa shape index (κ3) is 3.86. The Bertz CT molecular complexity index is 627. The van der Waals surface area contributed by atoms with Gasteiger partial charge in [0.2, 0.25) is 0 Å². The minimum Gasteiger partial charge on any atom is -0.384 e. The van der Waals surface area contributed by atoms with Crippen LogP contribution in [0.2, 0.25) is 5.15 Å². The number of fused-ring (bicyclic) bond motifs is 1. The lowest BCUT2D eigenvalue weighted by Gasteiger charge is -2.15. The van der Waals surface area contributed by atoms with E-state index in [1.54, 1.807) is 17.8 Å². The highest BCUT2D eigenvalue weighted by atomic mass is 35.5. The van der Waals surface area contributed by atoms with Crippen LogP contribution in [-0.4, -0.2) is 20.7 Å². The van der Waals surface area contributed by atoms with Crippen molar-refractivity contribution in [1.82, 2.24) is 15.0 Å². The molecule has 0 fully saturated rings. The zero-order valence-electron chi connectivity index (χ0n) is 11.7. The van der Waals surface area contributed by atoms with Gasteiger partial charge in [-0.25, -0.2) is 9.97 Å². The van der Waals surface area contributed by atoms with Crippen LogP contribution in [-0.2, 0) is 19.3 Å². The summed E-state index contributed by atoms with van der Waals surface area (Å²) in [5, 5.41) is 1.01. The van der Waals surface area contributed by atoms with Gasteiger partial charge in [-0.05, 0) is 49.3 Å². The summed E-state index contributed by atoms with van der Waals surface area (Å²) >= 11 is 7.42. The van der Waals surface area contributed by atoms with Crippen molar-refractivity contribution in [2.45, 2.75) is 37.3 Å². The molecule has 2 N–H and O–H groups in total. The number of aryl methyl sites for hydroxylation is 3. The Hall–Kier alpha value is -1.33. The maximum atomic E-state index is 5.87. The van der Waals surface area contributed by atoms with Crippen LogP contribution in [0.5, 0.6) is 0 Å². The molecule has 0 atom stereocenters. The molecule has 2 aromatic rings. The molecule has 6 heteroatoms. The van der Waals surface area contributed by atoms with E-state index in [1.807, 2.05) is 6.20 Å². The van der Waals surface area contributed by atoms with E-state index < -0.39 is 0 Å². The van der Waals surface area contributed by atoms with E-state index in [0.29, 0.717) is 16.1 Å². The summed E-state index contributed by atoms with van der Waals surface area (Å²) in [6.45, 7) is 0. The lowest BCUT2D eigenvalue weighted by Crippen LogP contribution is -2.05. The summed E-state index contributed by atoms with van der Waals surface area (Å²) < 4.78 is 0. The summed E-state index contributed by atoms with van der Waals surface area (Å²) in [4.78, 5) is 12.9. The molecule has 3 rings (SSSR count). The van der Waals surface area contributed by atoms with Gasteiger partial charge in [0.15, 0.2) is 5.16 Å². The van der Waals surface area contributed by atoms with Gasteiger partial charge in [0.1, 0.15) is 11.0 Å². The first kappa shape index (κ1) is 14.6. The standard InChI is InChI=1S/C15H17ClN4S/c16-13-8-14(17)20-15(19-13)21-6-5-12-7-10-3-1-2-4-11(10)9-18-12/h7-9H,1-6H2,(H2,17,19,20). The summed E-state index contributed by atoms with van der Waals surface area (Å²) in [5.41, 5.74) is 9.69. The number of rotatable bonds is 4.